The molecule has 154 valence electrons. The minimum absolute atomic E-state index is 0.0782. The van der Waals surface area contributed by atoms with E-state index in [1.54, 1.807) is 12.1 Å². The average Bonchev–Trinajstić information content (AvgIpc) is 2.70. The number of fused-ring (bicyclic) bond motifs is 1. The topological polar surface area (TPSA) is 0 Å². The number of halogens is 5. The van der Waals surface area contributed by atoms with Crippen LogP contribution in [0.15, 0.2) is 48.5 Å². The largest absolute Gasteiger partial charge is 0.206 e. The summed E-state index contributed by atoms with van der Waals surface area (Å²) in [7, 11) is 0. The van der Waals surface area contributed by atoms with Gasteiger partial charge in [-0.1, -0.05) is 37.6 Å². The molecule has 3 aromatic rings. The van der Waals surface area contributed by atoms with E-state index in [9.17, 15) is 17.6 Å². The summed E-state index contributed by atoms with van der Waals surface area (Å²) in [6.07, 6.45) is 3.35. The van der Waals surface area contributed by atoms with Crippen molar-refractivity contribution in [3.05, 3.63) is 99.9 Å². The van der Waals surface area contributed by atoms with Crippen molar-refractivity contribution in [3.8, 4) is 11.1 Å². The normalized spacial score (nSPS) is 13.2. The van der Waals surface area contributed by atoms with Gasteiger partial charge in [-0.25, -0.2) is 22.0 Å². The molecule has 1 aliphatic rings. The van der Waals surface area contributed by atoms with Gasteiger partial charge in [-0.2, -0.15) is 0 Å². The van der Waals surface area contributed by atoms with E-state index in [2.05, 4.69) is 0 Å². The zero-order valence-corrected chi connectivity index (χ0v) is 16.3. The Labute approximate surface area is 171 Å². The Morgan fingerprint density at radius 2 is 1.53 bits per heavy atom. The summed E-state index contributed by atoms with van der Waals surface area (Å²) in [5.74, 6) is -3.82. The first kappa shape index (κ1) is 20.3. The van der Waals surface area contributed by atoms with Crippen LogP contribution in [-0.2, 0) is 19.3 Å². The Balaban J connectivity index is 1.69. The van der Waals surface area contributed by atoms with E-state index in [1.165, 1.54) is 24.3 Å². The van der Waals surface area contributed by atoms with Crippen molar-refractivity contribution in [2.75, 3.05) is 0 Å². The van der Waals surface area contributed by atoms with Gasteiger partial charge in [-0.15, -0.1) is 0 Å². The Hall–Kier alpha value is -2.95. The Morgan fingerprint density at radius 3 is 2.20 bits per heavy atom. The summed E-state index contributed by atoms with van der Waals surface area (Å²) in [5.41, 5.74) is 2.40. The van der Waals surface area contributed by atoms with Crippen molar-refractivity contribution in [2.45, 2.75) is 32.6 Å². The van der Waals surface area contributed by atoms with Gasteiger partial charge in [0.2, 0.25) is 0 Å². The fourth-order valence-corrected chi connectivity index (χ4v) is 3.99. The number of rotatable bonds is 4. The highest BCUT2D eigenvalue weighted by molar-refractivity contribution is 5.74. The number of hydrogen-bond acceptors (Lipinski definition) is 0. The number of allylic oxidation sites excluding steroid dienone is 2. The van der Waals surface area contributed by atoms with Crippen LogP contribution in [0.2, 0.25) is 0 Å². The molecule has 0 atom stereocenters. The number of hydrogen-bond donors (Lipinski definition) is 0. The maximum absolute atomic E-state index is 15.1. The molecule has 0 bridgehead atoms. The second-order valence-corrected chi connectivity index (χ2v) is 7.49. The van der Waals surface area contributed by atoms with E-state index < -0.39 is 29.1 Å². The summed E-state index contributed by atoms with van der Waals surface area (Å²) < 4.78 is 71.1. The van der Waals surface area contributed by atoms with Gasteiger partial charge in [-0.05, 0) is 71.4 Å². The van der Waals surface area contributed by atoms with Crippen molar-refractivity contribution >= 4 is 5.57 Å². The molecule has 0 saturated carbocycles. The highest BCUT2D eigenvalue weighted by Gasteiger charge is 2.23. The molecule has 1 aliphatic carbocycles. The predicted octanol–water partition coefficient (Wildman–Crippen LogP) is 7.18. The Morgan fingerprint density at radius 1 is 0.800 bits per heavy atom. The Bertz CT molecular complexity index is 1140. The lowest BCUT2D eigenvalue weighted by Gasteiger charge is -2.21. The minimum atomic E-state index is -1.05. The van der Waals surface area contributed by atoms with Crippen LogP contribution in [0.5, 0.6) is 0 Å². The third-order valence-electron chi connectivity index (χ3n) is 5.47. The second-order valence-electron chi connectivity index (χ2n) is 7.49. The van der Waals surface area contributed by atoms with E-state index in [-0.39, 0.29) is 29.5 Å². The molecule has 4 rings (SSSR count). The van der Waals surface area contributed by atoms with Crippen molar-refractivity contribution in [1.29, 1.82) is 0 Å². The molecule has 0 unspecified atom stereocenters. The zero-order valence-electron chi connectivity index (χ0n) is 16.3. The molecule has 0 N–H and O–H groups in total. The van der Waals surface area contributed by atoms with Crippen molar-refractivity contribution < 1.29 is 22.0 Å². The molecule has 0 amide bonds. The van der Waals surface area contributed by atoms with E-state index >= 15 is 4.39 Å². The van der Waals surface area contributed by atoms with E-state index in [0.717, 1.165) is 18.6 Å². The van der Waals surface area contributed by atoms with Crippen LogP contribution >= 0.6 is 0 Å². The van der Waals surface area contributed by atoms with E-state index in [1.807, 2.05) is 6.92 Å². The standard InChI is InChI=1S/C25H19F5/c1-2-3-14-10-22(28)24(23(29)11-14)17-5-8-18-15(12-17)4-7-19(25(18)30)16-6-9-20(26)21(27)13-16/h4-7,9-11,13H,2-3,8,12H2,1H3. The molecule has 5 heteroatoms. The average molecular weight is 414 g/mol. The summed E-state index contributed by atoms with van der Waals surface area (Å²) in [5, 5.41) is 0. The molecule has 0 fully saturated rings. The van der Waals surface area contributed by atoms with Gasteiger partial charge in [-0.3, -0.25) is 0 Å². The molecule has 3 aromatic carbocycles. The monoisotopic (exact) mass is 414 g/mol. The maximum Gasteiger partial charge on any atom is 0.159 e. The lowest BCUT2D eigenvalue weighted by molar-refractivity contribution is 0.509. The van der Waals surface area contributed by atoms with Gasteiger partial charge in [0.25, 0.3) is 0 Å². The molecule has 0 radical (unpaired) electrons. The molecule has 30 heavy (non-hydrogen) atoms. The maximum atomic E-state index is 15.1. The summed E-state index contributed by atoms with van der Waals surface area (Å²) in [4.78, 5) is 0. The van der Waals surface area contributed by atoms with Gasteiger partial charge in [0, 0.05) is 11.1 Å². The molecule has 0 saturated heterocycles. The van der Waals surface area contributed by atoms with Gasteiger partial charge in [0.05, 0.1) is 0 Å². The smallest absolute Gasteiger partial charge is 0.159 e. The third-order valence-corrected chi connectivity index (χ3v) is 5.47. The van der Waals surface area contributed by atoms with Gasteiger partial charge in [0.15, 0.2) is 11.6 Å². The van der Waals surface area contributed by atoms with Crippen LogP contribution in [0.25, 0.3) is 16.7 Å². The van der Waals surface area contributed by atoms with Crippen molar-refractivity contribution in [3.63, 3.8) is 0 Å². The molecule has 0 aromatic heterocycles. The summed E-state index contributed by atoms with van der Waals surface area (Å²) in [6, 6.07) is 9.08. The highest BCUT2D eigenvalue weighted by Crippen LogP contribution is 2.36. The minimum Gasteiger partial charge on any atom is -0.206 e. The van der Waals surface area contributed by atoms with Crippen LogP contribution in [0.4, 0.5) is 22.0 Å². The van der Waals surface area contributed by atoms with Crippen LogP contribution in [0.1, 0.15) is 35.6 Å². The molecule has 0 aliphatic heterocycles. The fourth-order valence-electron chi connectivity index (χ4n) is 3.99. The van der Waals surface area contributed by atoms with Gasteiger partial charge >= 0.3 is 0 Å². The molecule has 0 heterocycles. The lowest BCUT2D eigenvalue weighted by Crippen LogP contribution is -2.09. The van der Waals surface area contributed by atoms with E-state index in [4.69, 9.17) is 0 Å². The number of benzene rings is 3. The second kappa shape index (κ2) is 8.05. The molecular weight excluding hydrogens is 395 g/mol. The molecular formula is C25H19F5. The molecule has 0 spiro atoms. The first-order valence-corrected chi connectivity index (χ1v) is 9.82. The Kier molecular flexibility index (Phi) is 5.46. The lowest BCUT2D eigenvalue weighted by atomic mass is 9.85. The summed E-state index contributed by atoms with van der Waals surface area (Å²) >= 11 is 0. The van der Waals surface area contributed by atoms with Crippen LogP contribution in [0, 0.1) is 29.1 Å². The van der Waals surface area contributed by atoms with Gasteiger partial charge in [0.1, 0.15) is 17.5 Å². The summed E-state index contributed by atoms with van der Waals surface area (Å²) in [6.45, 7) is 1.94. The zero-order chi connectivity index (χ0) is 21.4. The van der Waals surface area contributed by atoms with Crippen LogP contribution < -0.4 is 0 Å². The first-order chi connectivity index (χ1) is 14.4. The van der Waals surface area contributed by atoms with Crippen LogP contribution in [0.3, 0.4) is 0 Å². The fraction of sp³-hybridized carbons (Fsp3) is 0.200. The van der Waals surface area contributed by atoms with Crippen molar-refractivity contribution in [2.24, 2.45) is 0 Å². The van der Waals surface area contributed by atoms with E-state index in [0.29, 0.717) is 28.7 Å². The SMILES string of the molecule is CCCc1cc(F)c(C2=CCc3c(ccc(-c4ccc(F)c(F)c4)c3F)C2)c(F)c1. The first-order valence-electron chi connectivity index (χ1n) is 9.82. The predicted molar refractivity (Wildman–Crippen MR) is 107 cm³/mol. The van der Waals surface area contributed by atoms with Gasteiger partial charge < -0.3 is 0 Å². The van der Waals surface area contributed by atoms with Crippen molar-refractivity contribution in [1.82, 2.24) is 0 Å². The number of aryl methyl sites for hydroxylation is 1. The third kappa shape index (κ3) is 3.64. The quantitative estimate of drug-likeness (QED) is 0.397. The molecule has 0 nitrogen and oxygen atoms in total. The highest BCUT2D eigenvalue weighted by atomic mass is 19.2. The van der Waals surface area contributed by atoms with Crippen LogP contribution in [-0.4, -0.2) is 0 Å².